The Hall–Kier alpha value is -3.54. The Morgan fingerprint density at radius 3 is 2.50 bits per heavy atom. The first-order valence-electron chi connectivity index (χ1n) is 11.8. The van der Waals surface area contributed by atoms with Crippen LogP contribution >= 0.6 is 11.3 Å². The van der Waals surface area contributed by atoms with Crippen LogP contribution in [0.2, 0.25) is 0 Å². The number of ether oxygens (including phenoxy) is 1. The zero-order valence-corrected chi connectivity index (χ0v) is 21.5. The van der Waals surface area contributed by atoms with Gasteiger partial charge in [0.05, 0.1) is 36.5 Å². The van der Waals surface area contributed by atoms with E-state index in [2.05, 4.69) is 9.97 Å². The zero-order chi connectivity index (χ0) is 27.7. The number of amides is 1. The van der Waals surface area contributed by atoms with E-state index in [0.717, 1.165) is 23.5 Å². The number of carbonyl (C=O) groups excluding carboxylic acids is 1. The molecule has 38 heavy (non-hydrogen) atoms. The number of hydrogen-bond donors (Lipinski definition) is 1. The van der Waals surface area contributed by atoms with E-state index >= 15 is 0 Å². The third kappa shape index (κ3) is 5.79. The molecule has 0 unspecified atom stereocenters. The summed E-state index contributed by atoms with van der Waals surface area (Å²) < 4.78 is 58.7. The second kappa shape index (κ2) is 10.7. The van der Waals surface area contributed by atoms with E-state index in [1.807, 2.05) is 0 Å². The fourth-order valence-electron chi connectivity index (χ4n) is 4.33. The molecule has 3 aromatic rings. The monoisotopic (exact) mass is 551 g/mol. The molecule has 1 saturated carbocycles. The van der Waals surface area contributed by atoms with Gasteiger partial charge >= 0.3 is 12.1 Å². The number of pyridine rings is 1. The molecule has 0 radical (unpaired) electrons. The molecule has 202 valence electrons. The summed E-state index contributed by atoms with van der Waals surface area (Å²) in [5.41, 5.74) is -1.43. The Morgan fingerprint density at radius 2 is 1.95 bits per heavy atom. The van der Waals surface area contributed by atoms with Gasteiger partial charge in [0.15, 0.2) is 5.69 Å². The van der Waals surface area contributed by atoms with Gasteiger partial charge < -0.3 is 14.7 Å². The lowest BCUT2D eigenvalue weighted by Gasteiger charge is -2.27. The molecule has 1 amide bonds. The molecule has 1 aliphatic rings. The van der Waals surface area contributed by atoms with E-state index in [-0.39, 0.29) is 43.1 Å². The lowest BCUT2D eigenvalue weighted by atomic mass is 9.99. The summed E-state index contributed by atoms with van der Waals surface area (Å²) in [7, 11) is 1.51. The van der Waals surface area contributed by atoms with Crippen LogP contribution in [-0.4, -0.2) is 45.5 Å². The molecule has 2 heterocycles. The summed E-state index contributed by atoms with van der Waals surface area (Å²) in [6, 6.07) is 5.70. The number of carboxylic acid groups (broad SMARTS) is 1. The summed E-state index contributed by atoms with van der Waals surface area (Å²) in [5, 5.41) is 9.77. The van der Waals surface area contributed by atoms with Gasteiger partial charge in [-0.25, -0.2) is 14.2 Å². The molecule has 0 spiro atoms. The molecule has 0 aliphatic heterocycles. The molecule has 4 rings (SSSR count). The Balaban J connectivity index is 1.57. The maximum absolute atomic E-state index is 14.3. The van der Waals surface area contributed by atoms with Crippen molar-refractivity contribution >= 4 is 23.2 Å². The van der Waals surface area contributed by atoms with Crippen LogP contribution in [-0.2, 0) is 29.4 Å². The van der Waals surface area contributed by atoms with Crippen molar-refractivity contribution in [3.05, 3.63) is 74.7 Å². The fourth-order valence-corrected chi connectivity index (χ4v) is 5.27. The molecular formula is C26H25F4N3O4S. The average molecular weight is 552 g/mol. The van der Waals surface area contributed by atoms with Crippen molar-refractivity contribution in [1.82, 2.24) is 14.9 Å². The SMILES string of the molecule is COc1ccc(C2(C(=O)N(CCCc3cc(C(F)(F)F)ccc3F)Cc3nc(C(=O)O)c(C)s3)CC2)nc1. The number of aromatic nitrogens is 2. The molecule has 1 fully saturated rings. The van der Waals surface area contributed by atoms with E-state index in [0.29, 0.717) is 40.2 Å². The van der Waals surface area contributed by atoms with Gasteiger partial charge in [-0.05, 0) is 68.5 Å². The number of aromatic carboxylic acids is 1. The number of methoxy groups -OCH3 is 1. The Bertz CT molecular complexity index is 1340. The highest BCUT2D eigenvalue weighted by Crippen LogP contribution is 2.49. The van der Waals surface area contributed by atoms with Crippen molar-refractivity contribution in [2.75, 3.05) is 13.7 Å². The number of carboxylic acids is 1. The largest absolute Gasteiger partial charge is 0.495 e. The minimum atomic E-state index is -4.60. The quantitative estimate of drug-likeness (QED) is 0.339. The van der Waals surface area contributed by atoms with E-state index in [1.165, 1.54) is 18.2 Å². The molecular weight excluding hydrogens is 526 g/mol. The first-order valence-corrected chi connectivity index (χ1v) is 12.6. The van der Waals surface area contributed by atoms with Crippen molar-refractivity contribution in [1.29, 1.82) is 0 Å². The van der Waals surface area contributed by atoms with Gasteiger partial charge in [0.1, 0.15) is 16.6 Å². The van der Waals surface area contributed by atoms with Crippen LogP contribution in [0, 0.1) is 12.7 Å². The standard InChI is InChI=1S/C26H25F4N3O4S/c1-15-22(23(34)35)32-21(38-15)14-33(11-3-4-16-12-17(26(28,29)30)5-7-19(16)27)24(36)25(9-10-25)20-8-6-18(37-2)13-31-20/h5-8,12-13H,3-4,9-11,14H2,1-2H3,(H,34,35). The van der Waals surface area contributed by atoms with Crippen LogP contribution in [0.15, 0.2) is 36.5 Å². The number of halogens is 4. The summed E-state index contributed by atoms with van der Waals surface area (Å²) in [6.45, 7) is 1.74. The Morgan fingerprint density at radius 1 is 1.21 bits per heavy atom. The van der Waals surface area contributed by atoms with Crippen LogP contribution in [0.25, 0.3) is 0 Å². The fraction of sp³-hybridized carbons (Fsp3) is 0.385. The van der Waals surface area contributed by atoms with Gasteiger partial charge in [-0.3, -0.25) is 9.78 Å². The van der Waals surface area contributed by atoms with Crippen molar-refractivity contribution in [3.8, 4) is 5.75 Å². The lowest BCUT2D eigenvalue weighted by Crippen LogP contribution is -2.40. The third-order valence-electron chi connectivity index (χ3n) is 6.53. The van der Waals surface area contributed by atoms with Crippen LogP contribution in [0.3, 0.4) is 0 Å². The van der Waals surface area contributed by atoms with Gasteiger partial charge in [0.25, 0.3) is 0 Å². The maximum atomic E-state index is 14.3. The predicted molar refractivity (Wildman–Crippen MR) is 131 cm³/mol. The Kier molecular flexibility index (Phi) is 7.73. The topological polar surface area (TPSA) is 92.6 Å². The lowest BCUT2D eigenvalue weighted by molar-refractivity contribution is -0.137. The number of alkyl halides is 3. The number of carbonyl (C=O) groups is 2. The van der Waals surface area contributed by atoms with Crippen molar-refractivity contribution in [2.45, 2.75) is 50.7 Å². The molecule has 0 saturated heterocycles. The number of nitrogens with zero attached hydrogens (tertiary/aromatic N) is 3. The van der Waals surface area contributed by atoms with Crippen LogP contribution in [0.5, 0.6) is 5.75 Å². The molecule has 7 nitrogen and oxygen atoms in total. The van der Waals surface area contributed by atoms with Crippen LogP contribution < -0.4 is 4.74 Å². The van der Waals surface area contributed by atoms with Crippen LogP contribution in [0.4, 0.5) is 17.6 Å². The van der Waals surface area contributed by atoms with Gasteiger partial charge in [-0.2, -0.15) is 13.2 Å². The molecule has 2 aromatic heterocycles. The molecule has 0 bridgehead atoms. The molecule has 0 atom stereocenters. The second-order valence-electron chi connectivity index (χ2n) is 9.12. The molecule has 1 N–H and O–H groups in total. The number of rotatable bonds is 10. The highest BCUT2D eigenvalue weighted by Gasteiger charge is 2.54. The molecule has 12 heteroatoms. The van der Waals surface area contributed by atoms with Crippen LogP contribution in [0.1, 0.15) is 56.5 Å². The molecule has 1 aromatic carbocycles. The smallest absolute Gasteiger partial charge is 0.416 e. The number of benzene rings is 1. The highest BCUT2D eigenvalue weighted by atomic mass is 32.1. The minimum absolute atomic E-state index is 0.0145. The van der Waals surface area contributed by atoms with E-state index in [9.17, 15) is 32.3 Å². The second-order valence-corrected chi connectivity index (χ2v) is 10.4. The van der Waals surface area contributed by atoms with E-state index < -0.39 is 28.9 Å². The summed E-state index contributed by atoms with van der Waals surface area (Å²) >= 11 is 1.15. The summed E-state index contributed by atoms with van der Waals surface area (Å²) in [4.78, 5) is 35.8. The first-order chi connectivity index (χ1) is 17.9. The van der Waals surface area contributed by atoms with Gasteiger partial charge in [-0.15, -0.1) is 11.3 Å². The van der Waals surface area contributed by atoms with Gasteiger partial charge in [0, 0.05) is 11.4 Å². The maximum Gasteiger partial charge on any atom is 0.416 e. The van der Waals surface area contributed by atoms with Crippen molar-refractivity contribution in [2.24, 2.45) is 0 Å². The van der Waals surface area contributed by atoms with E-state index in [1.54, 1.807) is 19.1 Å². The highest BCUT2D eigenvalue weighted by molar-refractivity contribution is 7.11. The zero-order valence-electron chi connectivity index (χ0n) is 20.6. The predicted octanol–water partition coefficient (Wildman–Crippen LogP) is 5.40. The number of thiazole rings is 1. The third-order valence-corrected chi connectivity index (χ3v) is 7.48. The molecule has 1 aliphatic carbocycles. The normalized spacial score (nSPS) is 14.3. The average Bonchev–Trinajstić information content (AvgIpc) is 3.60. The summed E-state index contributed by atoms with van der Waals surface area (Å²) in [6.07, 6.45) is -1.80. The van der Waals surface area contributed by atoms with Gasteiger partial charge in [0.2, 0.25) is 5.91 Å². The Labute approximate surface area is 220 Å². The van der Waals surface area contributed by atoms with Crippen molar-refractivity contribution < 1.29 is 37.0 Å². The number of hydrogen-bond acceptors (Lipinski definition) is 6. The van der Waals surface area contributed by atoms with Crippen molar-refractivity contribution in [3.63, 3.8) is 0 Å². The van der Waals surface area contributed by atoms with E-state index in [4.69, 9.17) is 4.74 Å². The minimum Gasteiger partial charge on any atom is -0.495 e. The first kappa shape index (κ1) is 27.5. The number of aryl methyl sites for hydroxylation is 2. The summed E-state index contributed by atoms with van der Waals surface area (Å²) in [5.74, 6) is -1.64. The van der Waals surface area contributed by atoms with Gasteiger partial charge in [-0.1, -0.05) is 0 Å².